The molecule has 0 atom stereocenters. The van der Waals surface area contributed by atoms with Crippen LogP contribution in [0.3, 0.4) is 0 Å². The van der Waals surface area contributed by atoms with Gasteiger partial charge in [0, 0.05) is 30.0 Å². The zero-order chi connectivity index (χ0) is 18.2. The molecule has 0 radical (unpaired) electrons. The van der Waals surface area contributed by atoms with Crippen LogP contribution in [0.15, 0.2) is 61.1 Å². The van der Waals surface area contributed by atoms with Gasteiger partial charge in [-0.1, -0.05) is 30.3 Å². The molecule has 3 N–H and O–H groups in total. The van der Waals surface area contributed by atoms with Gasteiger partial charge in [0.15, 0.2) is 0 Å². The van der Waals surface area contributed by atoms with E-state index in [4.69, 9.17) is 0 Å². The number of carbonyl (C=O) groups is 2. The highest BCUT2D eigenvalue weighted by Gasteiger charge is 2.07. The Labute approximate surface area is 150 Å². The molecule has 0 aliphatic heterocycles. The summed E-state index contributed by atoms with van der Waals surface area (Å²) in [7, 11) is 0. The summed E-state index contributed by atoms with van der Waals surface area (Å²) in [6, 6.07) is 13.2. The second kappa shape index (κ2) is 8.57. The van der Waals surface area contributed by atoms with Crippen molar-refractivity contribution < 1.29 is 9.59 Å². The minimum Gasteiger partial charge on any atom is -0.376 e. The van der Waals surface area contributed by atoms with E-state index in [1.165, 1.54) is 0 Å². The normalized spacial score (nSPS) is 10.3. The standard InChI is InChI=1S/C19H19N5O2/c25-18(24-13-19(26)23-10-14-4-2-1-3-5-14)12-22-16-7-9-21-17-11-20-8-6-15(16)17/h1-9,11H,10,12-13H2,(H,21,22)(H,23,26)(H,24,25). The number of carbonyl (C=O) groups excluding carboxylic acids is 2. The Balaban J connectivity index is 1.43. The largest absolute Gasteiger partial charge is 0.376 e. The van der Waals surface area contributed by atoms with Crippen molar-refractivity contribution in [3.05, 3.63) is 66.6 Å². The topological polar surface area (TPSA) is 96.0 Å². The van der Waals surface area contributed by atoms with Gasteiger partial charge in [0.1, 0.15) is 0 Å². The minimum atomic E-state index is -0.265. The lowest BCUT2D eigenvalue weighted by molar-refractivity contribution is -0.125. The molecule has 0 aliphatic carbocycles. The molecule has 1 aromatic carbocycles. The maximum atomic E-state index is 11.9. The fourth-order valence-electron chi connectivity index (χ4n) is 2.43. The summed E-state index contributed by atoms with van der Waals surface area (Å²) >= 11 is 0. The second-order valence-electron chi connectivity index (χ2n) is 5.64. The molecule has 26 heavy (non-hydrogen) atoms. The van der Waals surface area contributed by atoms with Crippen LogP contribution in [0, 0.1) is 0 Å². The molecule has 0 spiro atoms. The lowest BCUT2D eigenvalue weighted by atomic mass is 10.2. The molecule has 0 saturated heterocycles. The van der Waals surface area contributed by atoms with Crippen molar-refractivity contribution in [1.29, 1.82) is 0 Å². The van der Waals surface area contributed by atoms with Crippen LogP contribution in [0.25, 0.3) is 10.9 Å². The minimum absolute atomic E-state index is 0.0612. The smallest absolute Gasteiger partial charge is 0.239 e. The predicted octanol–water partition coefficient (Wildman–Crippen LogP) is 1.47. The van der Waals surface area contributed by atoms with E-state index in [0.717, 1.165) is 22.2 Å². The molecule has 0 aliphatic rings. The van der Waals surface area contributed by atoms with Gasteiger partial charge < -0.3 is 16.0 Å². The van der Waals surface area contributed by atoms with E-state index in [-0.39, 0.29) is 24.9 Å². The predicted molar refractivity (Wildman–Crippen MR) is 99.3 cm³/mol. The second-order valence-corrected chi connectivity index (χ2v) is 5.64. The van der Waals surface area contributed by atoms with E-state index >= 15 is 0 Å². The van der Waals surface area contributed by atoms with E-state index in [1.54, 1.807) is 24.7 Å². The molecule has 0 saturated carbocycles. The first-order valence-corrected chi connectivity index (χ1v) is 8.22. The Kier molecular flexibility index (Phi) is 5.72. The van der Waals surface area contributed by atoms with Gasteiger partial charge in [-0.2, -0.15) is 0 Å². The third-order valence-corrected chi connectivity index (χ3v) is 3.76. The summed E-state index contributed by atoms with van der Waals surface area (Å²) < 4.78 is 0. The molecular formula is C19H19N5O2. The number of benzene rings is 1. The lowest BCUT2D eigenvalue weighted by Crippen LogP contribution is -2.39. The number of rotatable bonds is 7. The SMILES string of the molecule is O=C(CNC(=O)CNc1ccnc2cnccc12)NCc1ccccc1. The van der Waals surface area contributed by atoms with E-state index < -0.39 is 0 Å². The number of amides is 2. The number of anilines is 1. The fraction of sp³-hybridized carbons (Fsp3) is 0.158. The highest BCUT2D eigenvalue weighted by atomic mass is 16.2. The number of hydrogen-bond donors (Lipinski definition) is 3. The van der Waals surface area contributed by atoms with Gasteiger partial charge in [-0.25, -0.2) is 0 Å². The van der Waals surface area contributed by atoms with Crippen molar-refractivity contribution in [2.45, 2.75) is 6.54 Å². The van der Waals surface area contributed by atoms with E-state index in [1.807, 2.05) is 36.4 Å². The molecule has 0 unspecified atom stereocenters. The van der Waals surface area contributed by atoms with Crippen molar-refractivity contribution in [2.24, 2.45) is 0 Å². The summed E-state index contributed by atoms with van der Waals surface area (Å²) in [5.41, 5.74) is 2.55. The average molecular weight is 349 g/mol. The Morgan fingerprint density at radius 1 is 0.885 bits per heavy atom. The van der Waals surface area contributed by atoms with Gasteiger partial charge in [0.05, 0.1) is 24.8 Å². The Bertz CT molecular complexity index is 893. The van der Waals surface area contributed by atoms with Crippen molar-refractivity contribution >= 4 is 28.4 Å². The van der Waals surface area contributed by atoms with Crippen LogP contribution in [0.1, 0.15) is 5.56 Å². The van der Waals surface area contributed by atoms with Crippen molar-refractivity contribution in [2.75, 3.05) is 18.4 Å². The Morgan fingerprint density at radius 3 is 2.54 bits per heavy atom. The monoisotopic (exact) mass is 349 g/mol. The number of fused-ring (bicyclic) bond motifs is 1. The molecule has 2 heterocycles. The zero-order valence-electron chi connectivity index (χ0n) is 14.1. The first kappa shape index (κ1) is 17.3. The van der Waals surface area contributed by atoms with Crippen LogP contribution in [0.5, 0.6) is 0 Å². The van der Waals surface area contributed by atoms with Gasteiger partial charge >= 0.3 is 0 Å². The summed E-state index contributed by atoms with van der Waals surface area (Å²) in [6.07, 6.45) is 4.99. The third kappa shape index (κ3) is 4.76. The van der Waals surface area contributed by atoms with Gasteiger partial charge in [0.2, 0.25) is 11.8 Å². The Hall–Kier alpha value is -3.48. The molecule has 132 valence electrons. The van der Waals surface area contributed by atoms with Crippen LogP contribution in [-0.4, -0.2) is 34.9 Å². The Morgan fingerprint density at radius 2 is 1.69 bits per heavy atom. The van der Waals surface area contributed by atoms with Crippen LogP contribution >= 0.6 is 0 Å². The first-order chi connectivity index (χ1) is 12.7. The molecule has 0 fully saturated rings. The van der Waals surface area contributed by atoms with Gasteiger partial charge in [-0.05, 0) is 17.7 Å². The molecule has 7 nitrogen and oxygen atoms in total. The van der Waals surface area contributed by atoms with Gasteiger partial charge in [-0.3, -0.25) is 19.6 Å². The van der Waals surface area contributed by atoms with Crippen LogP contribution in [0.2, 0.25) is 0 Å². The summed E-state index contributed by atoms with van der Waals surface area (Å²) in [5.74, 6) is -0.499. The van der Waals surface area contributed by atoms with Crippen LogP contribution < -0.4 is 16.0 Å². The first-order valence-electron chi connectivity index (χ1n) is 8.22. The van der Waals surface area contributed by atoms with Gasteiger partial charge in [0.25, 0.3) is 0 Å². The number of nitrogens with one attached hydrogen (secondary N) is 3. The highest BCUT2D eigenvalue weighted by molar-refractivity contribution is 5.92. The molecule has 3 rings (SSSR count). The van der Waals surface area contributed by atoms with Crippen LogP contribution in [-0.2, 0) is 16.1 Å². The molecule has 2 aromatic heterocycles. The number of hydrogen-bond acceptors (Lipinski definition) is 5. The van der Waals surface area contributed by atoms with Crippen LogP contribution in [0.4, 0.5) is 5.69 Å². The van der Waals surface area contributed by atoms with Gasteiger partial charge in [-0.15, -0.1) is 0 Å². The molecule has 7 heteroatoms. The molecule has 2 amide bonds. The van der Waals surface area contributed by atoms with Crippen molar-refractivity contribution in [1.82, 2.24) is 20.6 Å². The summed E-state index contributed by atoms with van der Waals surface area (Å²) in [4.78, 5) is 32.0. The summed E-state index contributed by atoms with van der Waals surface area (Å²) in [6.45, 7) is 0.437. The maximum Gasteiger partial charge on any atom is 0.239 e. The van der Waals surface area contributed by atoms with Crippen molar-refractivity contribution in [3.63, 3.8) is 0 Å². The van der Waals surface area contributed by atoms with E-state index in [0.29, 0.717) is 6.54 Å². The fourth-order valence-corrected chi connectivity index (χ4v) is 2.43. The highest BCUT2D eigenvalue weighted by Crippen LogP contribution is 2.19. The maximum absolute atomic E-state index is 11.9. The third-order valence-electron chi connectivity index (χ3n) is 3.76. The van der Waals surface area contributed by atoms with Crippen molar-refractivity contribution in [3.8, 4) is 0 Å². The summed E-state index contributed by atoms with van der Waals surface area (Å²) in [5, 5.41) is 9.30. The van der Waals surface area contributed by atoms with E-state index in [9.17, 15) is 9.59 Å². The average Bonchev–Trinajstić information content (AvgIpc) is 2.70. The number of aromatic nitrogens is 2. The molecule has 3 aromatic rings. The quantitative estimate of drug-likeness (QED) is 0.600. The number of pyridine rings is 2. The van der Waals surface area contributed by atoms with E-state index in [2.05, 4.69) is 25.9 Å². The molecular weight excluding hydrogens is 330 g/mol. The zero-order valence-corrected chi connectivity index (χ0v) is 14.1. The molecule has 0 bridgehead atoms. The number of nitrogens with zero attached hydrogens (tertiary/aromatic N) is 2. The lowest BCUT2D eigenvalue weighted by Gasteiger charge is -2.10.